The van der Waals surface area contributed by atoms with E-state index in [0.29, 0.717) is 17.7 Å². The van der Waals surface area contributed by atoms with Crippen molar-refractivity contribution >= 4 is 23.3 Å². The van der Waals surface area contributed by atoms with Gasteiger partial charge in [-0.3, -0.25) is 4.79 Å². The Balaban J connectivity index is 1.66. The van der Waals surface area contributed by atoms with E-state index in [1.165, 1.54) is 23.1 Å². The number of para-hydroxylation sites is 2. The molecule has 2 aromatic rings. The molecule has 1 atom stereocenters. The number of carbonyl (C=O) groups is 2. The monoisotopic (exact) mass is 385 g/mol. The molecular weight excluding hydrogens is 368 g/mol. The van der Waals surface area contributed by atoms with Crippen molar-refractivity contribution in [2.45, 2.75) is 19.1 Å². The molecule has 1 heterocycles. The van der Waals surface area contributed by atoms with Gasteiger partial charge in [0, 0.05) is 17.8 Å². The SMILES string of the molecule is C#Cc1cccc(NC(=O)N[C@@H]2CCN(c3ccccc3OC(F)F)C2=O)c1. The van der Waals surface area contributed by atoms with E-state index < -0.39 is 24.6 Å². The topological polar surface area (TPSA) is 70.7 Å². The van der Waals surface area contributed by atoms with Gasteiger partial charge in [0.25, 0.3) is 0 Å². The lowest BCUT2D eigenvalue weighted by atomic mass is 10.2. The summed E-state index contributed by atoms with van der Waals surface area (Å²) < 4.78 is 29.7. The Bertz CT molecular complexity index is 927. The molecule has 1 fully saturated rings. The van der Waals surface area contributed by atoms with Crippen molar-refractivity contribution in [2.75, 3.05) is 16.8 Å². The fourth-order valence-corrected chi connectivity index (χ4v) is 2.94. The van der Waals surface area contributed by atoms with Gasteiger partial charge >= 0.3 is 12.6 Å². The quantitative estimate of drug-likeness (QED) is 0.777. The maximum absolute atomic E-state index is 12.6. The van der Waals surface area contributed by atoms with E-state index >= 15 is 0 Å². The number of amides is 3. The van der Waals surface area contributed by atoms with E-state index in [1.54, 1.807) is 30.3 Å². The van der Waals surface area contributed by atoms with Crippen LogP contribution in [0.25, 0.3) is 0 Å². The molecule has 8 heteroatoms. The zero-order chi connectivity index (χ0) is 20.1. The second-order valence-electron chi connectivity index (χ2n) is 6.00. The zero-order valence-electron chi connectivity index (χ0n) is 14.7. The molecule has 0 aliphatic carbocycles. The molecule has 0 saturated carbocycles. The number of alkyl halides is 2. The van der Waals surface area contributed by atoms with Crippen LogP contribution in [0, 0.1) is 12.3 Å². The van der Waals surface area contributed by atoms with Crippen LogP contribution in [-0.2, 0) is 4.79 Å². The number of benzene rings is 2. The summed E-state index contributed by atoms with van der Waals surface area (Å²) in [5, 5.41) is 5.21. The number of nitrogens with one attached hydrogen (secondary N) is 2. The van der Waals surface area contributed by atoms with Gasteiger partial charge in [0.15, 0.2) is 0 Å². The third-order valence-electron chi connectivity index (χ3n) is 4.17. The number of nitrogens with zero attached hydrogens (tertiary/aromatic N) is 1. The van der Waals surface area contributed by atoms with Gasteiger partial charge in [-0.2, -0.15) is 8.78 Å². The minimum absolute atomic E-state index is 0.0953. The second kappa shape index (κ2) is 8.39. The summed E-state index contributed by atoms with van der Waals surface area (Å²) in [4.78, 5) is 26.2. The van der Waals surface area contributed by atoms with Crippen LogP contribution in [0.3, 0.4) is 0 Å². The highest BCUT2D eigenvalue weighted by Crippen LogP contribution is 2.32. The summed E-state index contributed by atoms with van der Waals surface area (Å²) in [6.07, 6.45) is 5.66. The molecule has 1 saturated heterocycles. The molecule has 0 spiro atoms. The average Bonchev–Trinajstić information content (AvgIpc) is 3.02. The van der Waals surface area contributed by atoms with E-state index in [9.17, 15) is 18.4 Å². The smallest absolute Gasteiger partial charge is 0.387 e. The molecule has 2 N–H and O–H groups in total. The summed E-state index contributed by atoms with van der Waals surface area (Å²) >= 11 is 0. The molecule has 2 aromatic carbocycles. The number of urea groups is 1. The number of anilines is 2. The summed E-state index contributed by atoms with van der Waals surface area (Å²) in [5.74, 6) is 1.97. The van der Waals surface area contributed by atoms with Crippen LogP contribution in [0.4, 0.5) is 25.0 Å². The van der Waals surface area contributed by atoms with Gasteiger partial charge in [0.1, 0.15) is 11.8 Å². The first-order valence-electron chi connectivity index (χ1n) is 8.47. The highest BCUT2D eigenvalue weighted by molar-refractivity contribution is 6.03. The van der Waals surface area contributed by atoms with Crippen molar-refractivity contribution in [2.24, 2.45) is 0 Å². The number of hydrogen-bond acceptors (Lipinski definition) is 3. The van der Waals surface area contributed by atoms with E-state index in [0.717, 1.165) is 0 Å². The van der Waals surface area contributed by atoms with Crippen molar-refractivity contribution < 1.29 is 23.1 Å². The fraction of sp³-hybridized carbons (Fsp3) is 0.200. The van der Waals surface area contributed by atoms with Gasteiger partial charge in [-0.25, -0.2) is 4.79 Å². The number of halogens is 2. The summed E-state index contributed by atoms with van der Waals surface area (Å²) in [5.41, 5.74) is 1.33. The first-order valence-corrected chi connectivity index (χ1v) is 8.47. The summed E-state index contributed by atoms with van der Waals surface area (Å²) in [6.45, 7) is -2.74. The summed E-state index contributed by atoms with van der Waals surface area (Å²) in [7, 11) is 0. The maximum Gasteiger partial charge on any atom is 0.387 e. The molecule has 1 aliphatic rings. The zero-order valence-corrected chi connectivity index (χ0v) is 14.7. The van der Waals surface area contributed by atoms with Gasteiger partial charge in [-0.05, 0) is 36.8 Å². The van der Waals surface area contributed by atoms with Gasteiger partial charge in [0.05, 0.1) is 5.69 Å². The van der Waals surface area contributed by atoms with Crippen LogP contribution >= 0.6 is 0 Å². The minimum atomic E-state index is -3.00. The minimum Gasteiger partial charge on any atom is -0.433 e. The Hall–Kier alpha value is -3.60. The lowest BCUT2D eigenvalue weighted by Crippen LogP contribution is -2.43. The molecule has 28 heavy (non-hydrogen) atoms. The Morgan fingerprint density at radius 3 is 2.79 bits per heavy atom. The molecule has 1 aliphatic heterocycles. The van der Waals surface area contributed by atoms with Crippen LogP contribution in [0.15, 0.2) is 48.5 Å². The molecule has 3 rings (SSSR count). The Morgan fingerprint density at radius 1 is 1.25 bits per heavy atom. The Kier molecular flexibility index (Phi) is 5.75. The highest BCUT2D eigenvalue weighted by Gasteiger charge is 2.35. The molecule has 3 amide bonds. The first-order chi connectivity index (χ1) is 13.5. The van der Waals surface area contributed by atoms with E-state index in [-0.39, 0.29) is 18.0 Å². The normalized spacial score (nSPS) is 16.0. The van der Waals surface area contributed by atoms with Gasteiger partial charge in [0.2, 0.25) is 5.91 Å². The first kappa shape index (κ1) is 19.2. The molecule has 144 valence electrons. The van der Waals surface area contributed by atoms with E-state index in [2.05, 4.69) is 21.3 Å². The highest BCUT2D eigenvalue weighted by atomic mass is 19.3. The predicted octanol–water partition coefficient (Wildman–Crippen LogP) is 3.20. The van der Waals surface area contributed by atoms with Crippen LogP contribution in [-0.4, -0.2) is 31.1 Å². The number of hydrogen-bond donors (Lipinski definition) is 2. The number of ether oxygens (including phenoxy) is 1. The van der Waals surface area contributed by atoms with Crippen molar-refractivity contribution in [3.63, 3.8) is 0 Å². The van der Waals surface area contributed by atoms with Crippen molar-refractivity contribution in [3.05, 3.63) is 54.1 Å². The fourth-order valence-electron chi connectivity index (χ4n) is 2.94. The average molecular weight is 385 g/mol. The van der Waals surface area contributed by atoms with Crippen LogP contribution in [0.2, 0.25) is 0 Å². The molecule has 0 unspecified atom stereocenters. The third kappa shape index (κ3) is 4.38. The van der Waals surface area contributed by atoms with Crippen molar-refractivity contribution in [3.8, 4) is 18.1 Å². The second-order valence-corrected chi connectivity index (χ2v) is 6.00. The molecule has 0 radical (unpaired) electrons. The van der Waals surface area contributed by atoms with Gasteiger partial charge in [-0.1, -0.05) is 24.1 Å². The van der Waals surface area contributed by atoms with Crippen LogP contribution in [0.5, 0.6) is 5.75 Å². The lowest BCUT2D eigenvalue weighted by molar-refractivity contribution is -0.118. The maximum atomic E-state index is 12.6. The Morgan fingerprint density at radius 2 is 2.04 bits per heavy atom. The van der Waals surface area contributed by atoms with E-state index in [4.69, 9.17) is 6.42 Å². The number of rotatable bonds is 5. The van der Waals surface area contributed by atoms with Gasteiger partial charge in [-0.15, -0.1) is 6.42 Å². The van der Waals surface area contributed by atoms with Crippen LogP contribution < -0.4 is 20.3 Å². The predicted molar refractivity (Wildman–Crippen MR) is 100 cm³/mol. The molecular formula is C20H17F2N3O3. The van der Waals surface area contributed by atoms with Crippen LogP contribution in [0.1, 0.15) is 12.0 Å². The number of carbonyl (C=O) groups excluding carboxylic acids is 2. The van der Waals surface area contributed by atoms with Crippen molar-refractivity contribution in [1.82, 2.24) is 5.32 Å². The van der Waals surface area contributed by atoms with E-state index in [1.807, 2.05) is 0 Å². The number of terminal acetylenes is 1. The van der Waals surface area contributed by atoms with Crippen molar-refractivity contribution in [1.29, 1.82) is 0 Å². The third-order valence-corrected chi connectivity index (χ3v) is 4.17. The lowest BCUT2D eigenvalue weighted by Gasteiger charge is -2.20. The molecule has 0 aromatic heterocycles. The standard InChI is InChI=1S/C20H17F2N3O3/c1-2-13-6-5-7-14(12-13)23-20(27)24-15-10-11-25(18(15)26)16-8-3-4-9-17(16)28-19(21)22/h1,3-9,12,15,19H,10-11H2,(H2,23,24,27)/t15-/m1/s1. The van der Waals surface area contributed by atoms with Gasteiger partial charge < -0.3 is 20.3 Å². The molecule has 0 bridgehead atoms. The largest absolute Gasteiger partial charge is 0.433 e. The Labute approximate surface area is 160 Å². The molecule has 6 nitrogen and oxygen atoms in total. The summed E-state index contributed by atoms with van der Waals surface area (Å²) in [6, 6.07) is 11.4.